The first-order valence-corrected chi connectivity index (χ1v) is 10.8. The summed E-state index contributed by atoms with van der Waals surface area (Å²) in [7, 11) is -1.54. The second-order valence-corrected chi connectivity index (χ2v) is 9.19. The van der Waals surface area contributed by atoms with Crippen LogP contribution in [0.3, 0.4) is 0 Å². The Morgan fingerprint density at radius 1 is 1.30 bits per heavy atom. The molecule has 4 nitrogen and oxygen atoms in total. The van der Waals surface area contributed by atoms with Crippen LogP contribution in [0.4, 0.5) is 0 Å². The summed E-state index contributed by atoms with van der Waals surface area (Å²) in [5.41, 5.74) is 2.90. The standard InChI is InChI=1S/C14H14O4S4.Na/c1-2-5-18-11-6-8-3-4-9-13(20-21-14(9)19)10(8)7-12(11)22(15,16)17;/h6-7H,2-5H2,1H3,(H,15,16,17);/q;+1/p-1. The first-order valence-electron chi connectivity index (χ1n) is 6.79. The Balaban J connectivity index is 0.00000192. The molecule has 1 aromatic carbocycles. The molecule has 0 bridgehead atoms. The minimum Gasteiger partial charge on any atom is -0.744 e. The molecule has 0 unspecified atom stereocenters. The molecule has 1 aliphatic carbocycles. The number of fused-ring (bicyclic) bond motifs is 3. The summed E-state index contributed by atoms with van der Waals surface area (Å²) in [6.07, 6.45) is 2.36. The van der Waals surface area contributed by atoms with E-state index in [9.17, 15) is 13.0 Å². The van der Waals surface area contributed by atoms with Gasteiger partial charge < -0.3 is 9.29 Å². The van der Waals surface area contributed by atoms with Crippen LogP contribution in [0.25, 0.3) is 10.4 Å². The molecular formula is C14H13NaO4S4. The van der Waals surface area contributed by atoms with Crippen LogP contribution in [0.15, 0.2) is 17.0 Å². The van der Waals surface area contributed by atoms with Gasteiger partial charge in [0.25, 0.3) is 0 Å². The summed E-state index contributed by atoms with van der Waals surface area (Å²) in [6, 6.07) is 3.16. The second-order valence-electron chi connectivity index (χ2n) is 5.02. The largest absolute Gasteiger partial charge is 1.00 e. The third-order valence-electron chi connectivity index (χ3n) is 3.51. The Kier molecular flexibility index (Phi) is 6.46. The Bertz CT molecular complexity index is 883. The van der Waals surface area contributed by atoms with Gasteiger partial charge in [0.05, 0.1) is 16.4 Å². The van der Waals surface area contributed by atoms with Gasteiger partial charge >= 0.3 is 29.6 Å². The van der Waals surface area contributed by atoms with Gasteiger partial charge in [-0.25, -0.2) is 8.42 Å². The van der Waals surface area contributed by atoms with Crippen LogP contribution in [-0.4, -0.2) is 19.6 Å². The molecule has 118 valence electrons. The monoisotopic (exact) mass is 396 g/mol. The smallest absolute Gasteiger partial charge is 0.744 e. The van der Waals surface area contributed by atoms with E-state index in [1.807, 2.05) is 6.92 Å². The fraction of sp³-hybridized carbons (Fsp3) is 0.357. The van der Waals surface area contributed by atoms with E-state index in [1.165, 1.54) is 26.7 Å². The van der Waals surface area contributed by atoms with Crippen molar-refractivity contribution < 1.29 is 47.3 Å². The SMILES string of the molecule is CCCOc1cc2c(cc1S(=O)(=O)[O-])-c1ssc(=S)c1CC2.[Na+]. The second kappa shape index (κ2) is 7.61. The number of benzene rings is 1. The minimum absolute atomic E-state index is 0. The van der Waals surface area contributed by atoms with E-state index in [0.717, 1.165) is 44.7 Å². The molecule has 0 atom stereocenters. The topological polar surface area (TPSA) is 66.4 Å². The number of hydrogen-bond acceptors (Lipinski definition) is 7. The maximum atomic E-state index is 11.6. The quantitative estimate of drug-likeness (QED) is 0.334. The zero-order valence-corrected chi connectivity index (χ0v) is 18.0. The van der Waals surface area contributed by atoms with Gasteiger partial charge in [-0.05, 0) is 42.5 Å². The molecule has 1 heterocycles. The summed E-state index contributed by atoms with van der Waals surface area (Å²) < 4.78 is 41.0. The number of ether oxygens (including phenoxy) is 1. The van der Waals surface area contributed by atoms with Crippen molar-refractivity contribution in [2.24, 2.45) is 0 Å². The van der Waals surface area contributed by atoms with Gasteiger partial charge in [-0.3, -0.25) is 0 Å². The zero-order chi connectivity index (χ0) is 15.9. The summed E-state index contributed by atoms with van der Waals surface area (Å²) in [4.78, 5) is 0.708. The van der Waals surface area contributed by atoms with Gasteiger partial charge in [0.1, 0.15) is 19.7 Å². The molecule has 3 rings (SSSR count). The van der Waals surface area contributed by atoms with Crippen LogP contribution >= 0.6 is 32.9 Å². The van der Waals surface area contributed by atoms with E-state index in [2.05, 4.69) is 0 Å². The van der Waals surface area contributed by atoms with Crippen LogP contribution in [0.2, 0.25) is 0 Å². The van der Waals surface area contributed by atoms with Gasteiger partial charge in [-0.1, -0.05) is 39.8 Å². The van der Waals surface area contributed by atoms with Crippen molar-refractivity contribution in [3.63, 3.8) is 0 Å². The third kappa shape index (κ3) is 3.90. The molecule has 0 radical (unpaired) electrons. The van der Waals surface area contributed by atoms with Gasteiger partial charge in [-0.2, -0.15) is 0 Å². The van der Waals surface area contributed by atoms with E-state index in [-0.39, 0.29) is 40.2 Å². The molecular weight excluding hydrogens is 383 g/mol. The predicted octanol–water partition coefficient (Wildman–Crippen LogP) is 1.00. The van der Waals surface area contributed by atoms with Crippen LogP contribution in [0.1, 0.15) is 24.5 Å². The predicted molar refractivity (Wildman–Crippen MR) is 89.6 cm³/mol. The third-order valence-corrected chi connectivity index (χ3v) is 7.55. The normalized spacial score (nSPS) is 13.0. The molecule has 2 aromatic rings. The van der Waals surface area contributed by atoms with Gasteiger partial charge in [0.15, 0.2) is 0 Å². The van der Waals surface area contributed by atoms with E-state index in [4.69, 9.17) is 17.0 Å². The maximum Gasteiger partial charge on any atom is 1.00 e. The van der Waals surface area contributed by atoms with Gasteiger partial charge in [0.2, 0.25) is 0 Å². The van der Waals surface area contributed by atoms with E-state index < -0.39 is 10.1 Å². The molecule has 1 aromatic heterocycles. The average Bonchev–Trinajstić information content (AvgIpc) is 2.85. The van der Waals surface area contributed by atoms with E-state index in [0.29, 0.717) is 6.61 Å². The number of rotatable bonds is 4. The first kappa shape index (κ1) is 19.5. The Morgan fingerprint density at radius 2 is 2.04 bits per heavy atom. The summed E-state index contributed by atoms with van der Waals surface area (Å²) in [5.74, 6) is 0.165. The van der Waals surface area contributed by atoms with Crippen molar-refractivity contribution >= 4 is 43.0 Å². The molecule has 1 aliphatic rings. The Morgan fingerprint density at radius 3 is 2.70 bits per heavy atom. The summed E-state index contributed by atoms with van der Waals surface area (Å²) in [5, 5.41) is 0. The minimum atomic E-state index is -4.59. The molecule has 0 spiro atoms. The van der Waals surface area contributed by atoms with Crippen molar-refractivity contribution in [2.75, 3.05) is 6.61 Å². The van der Waals surface area contributed by atoms with E-state index in [1.54, 1.807) is 6.07 Å². The molecule has 0 aliphatic heterocycles. The molecule has 0 N–H and O–H groups in total. The van der Waals surface area contributed by atoms with Crippen molar-refractivity contribution in [2.45, 2.75) is 31.1 Å². The van der Waals surface area contributed by atoms with Gasteiger partial charge in [0, 0.05) is 5.56 Å². The van der Waals surface area contributed by atoms with Crippen LogP contribution in [0.5, 0.6) is 5.75 Å². The molecule has 0 amide bonds. The molecule has 0 saturated carbocycles. The molecule has 0 fully saturated rings. The van der Waals surface area contributed by atoms with Crippen molar-refractivity contribution in [1.82, 2.24) is 0 Å². The number of hydrogen-bond donors (Lipinski definition) is 0. The fourth-order valence-electron chi connectivity index (χ4n) is 2.50. The Labute approximate surface area is 169 Å². The van der Waals surface area contributed by atoms with Gasteiger partial charge in [-0.15, -0.1) is 0 Å². The Hall–Kier alpha value is 0.200. The van der Waals surface area contributed by atoms with Crippen molar-refractivity contribution in [1.29, 1.82) is 0 Å². The summed E-state index contributed by atoms with van der Waals surface area (Å²) >= 11 is 5.31. The number of aryl methyl sites for hydroxylation is 1. The van der Waals surface area contributed by atoms with Crippen LogP contribution in [-0.2, 0) is 23.0 Å². The van der Waals surface area contributed by atoms with Crippen LogP contribution in [0, 0.1) is 3.82 Å². The average molecular weight is 397 g/mol. The zero-order valence-electron chi connectivity index (χ0n) is 12.7. The van der Waals surface area contributed by atoms with Crippen molar-refractivity contribution in [3.05, 3.63) is 27.1 Å². The summed E-state index contributed by atoms with van der Waals surface area (Å²) in [6.45, 7) is 2.30. The molecule has 0 saturated heterocycles. The van der Waals surface area contributed by atoms with Crippen molar-refractivity contribution in [3.8, 4) is 16.2 Å². The maximum absolute atomic E-state index is 11.6. The fourth-order valence-corrected chi connectivity index (χ4v) is 6.16. The first-order chi connectivity index (χ1) is 10.4. The van der Waals surface area contributed by atoms with Crippen LogP contribution < -0.4 is 34.3 Å². The van der Waals surface area contributed by atoms with E-state index >= 15 is 0 Å². The molecule has 9 heteroatoms. The molecule has 23 heavy (non-hydrogen) atoms.